The van der Waals surface area contributed by atoms with Gasteiger partial charge in [-0.05, 0) is 67.5 Å². The Hall–Kier alpha value is -3.09. The van der Waals surface area contributed by atoms with Gasteiger partial charge in [-0.1, -0.05) is 19.1 Å². The predicted octanol–water partition coefficient (Wildman–Crippen LogP) is 4.05. The van der Waals surface area contributed by atoms with Crippen LogP contribution in [0.1, 0.15) is 71.7 Å². The van der Waals surface area contributed by atoms with E-state index in [0.29, 0.717) is 37.4 Å². The summed E-state index contributed by atoms with van der Waals surface area (Å²) in [5.74, 6) is -0.333. The molecule has 3 heterocycles. The molecule has 7 heteroatoms. The van der Waals surface area contributed by atoms with Gasteiger partial charge in [0.25, 0.3) is 5.91 Å². The van der Waals surface area contributed by atoms with Gasteiger partial charge in [0.1, 0.15) is 6.10 Å². The Labute approximate surface area is 194 Å². The highest BCUT2D eigenvalue weighted by Crippen LogP contribution is 2.37. The molecule has 33 heavy (non-hydrogen) atoms. The summed E-state index contributed by atoms with van der Waals surface area (Å²) in [5.41, 5.74) is 4.64. The van der Waals surface area contributed by atoms with Crippen molar-refractivity contribution >= 4 is 18.0 Å². The number of rotatable bonds is 5. The lowest BCUT2D eigenvalue weighted by molar-refractivity contribution is 0.0521. The van der Waals surface area contributed by atoms with Crippen LogP contribution >= 0.6 is 0 Å². The van der Waals surface area contributed by atoms with Crippen molar-refractivity contribution in [2.75, 3.05) is 26.2 Å². The normalized spacial score (nSPS) is 26.1. The monoisotopic (exact) mass is 450 g/mol. The Balaban J connectivity index is 1.36. The smallest absolute Gasteiger partial charge is 0.410 e. The van der Waals surface area contributed by atoms with Crippen molar-refractivity contribution in [3.05, 3.63) is 58.2 Å². The van der Waals surface area contributed by atoms with Crippen LogP contribution in [-0.2, 0) is 9.47 Å². The Bertz CT molecular complexity index is 1060. The number of amides is 2. The van der Waals surface area contributed by atoms with Crippen LogP contribution in [0.15, 0.2) is 41.5 Å². The summed E-state index contributed by atoms with van der Waals surface area (Å²) in [6.07, 6.45) is 7.40. The van der Waals surface area contributed by atoms with Crippen molar-refractivity contribution in [2.45, 2.75) is 57.6 Å². The molecule has 5 rings (SSSR count). The fourth-order valence-corrected chi connectivity index (χ4v) is 5.56. The zero-order valence-electron chi connectivity index (χ0n) is 19.2. The molecule has 1 fully saturated rings. The molecular formula is C26H30N2O5. The summed E-state index contributed by atoms with van der Waals surface area (Å²) in [6.45, 7) is 5.73. The molecule has 174 valence electrons. The van der Waals surface area contributed by atoms with Gasteiger partial charge in [0, 0.05) is 24.6 Å². The molecule has 0 bridgehead atoms. The van der Waals surface area contributed by atoms with Gasteiger partial charge in [0.05, 0.1) is 24.8 Å². The number of carbonyl (C=O) groups excluding carboxylic acids is 3. The van der Waals surface area contributed by atoms with Crippen LogP contribution in [0.4, 0.5) is 4.79 Å². The number of allylic oxidation sites excluding steroid dienone is 2. The lowest BCUT2D eigenvalue weighted by atomic mass is 9.85. The Kier molecular flexibility index (Phi) is 5.72. The van der Waals surface area contributed by atoms with E-state index >= 15 is 0 Å². The summed E-state index contributed by atoms with van der Waals surface area (Å²) >= 11 is 0. The fraction of sp³-hybridized carbons (Fsp3) is 0.500. The van der Waals surface area contributed by atoms with E-state index < -0.39 is 0 Å². The SMILES string of the molecule is CCOC(=O)c1ccc2c(c1)C(CC)CN(CC1OC(=O)N3CC4=C(C=CCC4)C[C@@H]13)C2=O. The van der Waals surface area contributed by atoms with Crippen molar-refractivity contribution in [2.24, 2.45) is 0 Å². The highest BCUT2D eigenvalue weighted by Gasteiger charge is 2.46. The first-order chi connectivity index (χ1) is 16.0. The maximum absolute atomic E-state index is 13.4. The Morgan fingerprint density at radius 1 is 1.24 bits per heavy atom. The average molecular weight is 451 g/mol. The molecule has 0 saturated carbocycles. The number of hydrogen-bond donors (Lipinski definition) is 0. The van der Waals surface area contributed by atoms with E-state index in [1.54, 1.807) is 25.1 Å². The predicted molar refractivity (Wildman–Crippen MR) is 122 cm³/mol. The van der Waals surface area contributed by atoms with Crippen LogP contribution < -0.4 is 0 Å². The summed E-state index contributed by atoms with van der Waals surface area (Å²) in [6, 6.07) is 5.15. The highest BCUT2D eigenvalue weighted by molar-refractivity contribution is 5.99. The van der Waals surface area contributed by atoms with Crippen molar-refractivity contribution in [1.82, 2.24) is 9.80 Å². The minimum atomic E-state index is -0.370. The van der Waals surface area contributed by atoms with Crippen LogP contribution in [0, 0.1) is 0 Å². The molecule has 7 nitrogen and oxygen atoms in total. The number of benzene rings is 1. The van der Waals surface area contributed by atoms with Gasteiger partial charge in [-0.3, -0.25) is 9.69 Å². The van der Waals surface area contributed by atoms with E-state index in [0.717, 1.165) is 31.2 Å². The first-order valence-electron chi connectivity index (χ1n) is 11.9. The number of hydrogen-bond acceptors (Lipinski definition) is 5. The van der Waals surface area contributed by atoms with Gasteiger partial charge in [-0.15, -0.1) is 0 Å². The summed E-state index contributed by atoms with van der Waals surface area (Å²) in [5, 5.41) is 0. The third kappa shape index (κ3) is 3.83. The molecular weight excluding hydrogens is 420 g/mol. The lowest BCUT2D eigenvalue weighted by Gasteiger charge is -2.37. The lowest BCUT2D eigenvalue weighted by Crippen LogP contribution is -2.49. The zero-order valence-corrected chi connectivity index (χ0v) is 19.2. The number of ether oxygens (including phenoxy) is 2. The number of nitrogens with zero attached hydrogens (tertiary/aromatic N) is 2. The molecule has 2 unspecified atom stereocenters. The van der Waals surface area contributed by atoms with Crippen LogP contribution in [-0.4, -0.2) is 66.2 Å². The fourth-order valence-electron chi connectivity index (χ4n) is 5.56. The van der Waals surface area contributed by atoms with Crippen molar-refractivity contribution in [3.8, 4) is 0 Å². The molecule has 3 aliphatic heterocycles. The van der Waals surface area contributed by atoms with Gasteiger partial charge in [-0.2, -0.15) is 0 Å². The minimum absolute atomic E-state index is 0.0422. The third-order valence-corrected chi connectivity index (χ3v) is 7.35. The topological polar surface area (TPSA) is 76.2 Å². The largest absolute Gasteiger partial charge is 0.462 e. The second kappa shape index (κ2) is 8.69. The molecule has 0 N–H and O–H groups in total. The summed E-state index contributed by atoms with van der Waals surface area (Å²) in [4.78, 5) is 41.8. The van der Waals surface area contributed by atoms with E-state index in [-0.39, 0.29) is 36.0 Å². The van der Waals surface area contributed by atoms with Gasteiger partial charge in [0.2, 0.25) is 0 Å². The molecule has 3 atom stereocenters. The van der Waals surface area contributed by atoms with Crippen molar-refractivity contribution in [3.63, 3.8) is 0 Å². The summed E-state index contributed by atoms with van der Waals surface area (Å²) < 4.78 is 10.9. The summed E-state index contributed by atoms with van der Waals surface area (Å²) in [7, 11) is 0. The van der Waals surface area contributed by atoms with Crippen LogP contribution in [0.25, 0.3) is 0 Å². The number of carbonyl (C=O) groups is 3. The molecule has 1 aromatic carbocycles. The molecule has 1 aliphatic carbocycles. The zero-order chi connectivity index (χ0) is 23.1. The van der Waals surface area contributed by atoms with Crippen LogP contribution in [0.3, 0.4) is 0 Å². The second-order valence-corrected chi connectivity index (χ2v) is 9.23. The van der Waals surface area contributed by atoms with E-state index in [4.69, 9.17) is 9.47 Å². The molecule has 0 aromatic heterocycles. The maximum atomic E-state index is 13.4. The van der Waals surface area contributed by atoms with E-state index in [9.17, 15) is 14.4 Å². The standard InChI is InChI=1S/C26H30N2O5/c1-3-16-13-27(24(29)20-10-9-18(11-21(16)20)25(30)32-4-2)15-23-22-12-17-7-5-6-8-19(17)14-28(22)26(31)33-23/h5,7,9-11,16,22-23H,3-4,6,8,12-15H2,1-2H3/t16?,22-,23?/m0/s1. The Morgan fingerprint density at radius 3 is 2.88 bits per heavy atom. The number of esters is 1. The molecule has 4 aliphatic rings. The van der Waals surface area contributed by atoms with Gasteiger partial charge >= 0.3 is 12.1 Å². The average Bonchev–Trinajstić information content (AvgIpc) is 3.13. The first kappa shape index (κ1) is 21.7. The van der Waals surface area contributed by atoms with Crippen molar-refractivity contribution in [1.29, 1.82) is 0 Å². The van der Waals surface area contributed by atoms with E-state index in [2.05, 4.69) is 19.1 Å². The van der Waals surface area contributed by atoms with E-state index in [1.807, 2.05) is 9.80 Å². The van der Waals surface area contributed by atoms with Crippen molar-refractivity contribution < 1.29 is 23.9 Å². The molecule has 1 aromatic rings. The molecule has 0 radical (unpaired) electrons. The molecule has 2 amide bonds. The van der Waals surface area contributed by atoms with Gasteiger partial charge in [-0.25, -0.2) is 9.59 Å². The molecule has 1 saturated heterocycles. The first-order valence-corrected chi connectivity index (χ1v) is 11.9. The number of cyclic esters (lactones) is 1. The quantitative estimate of drug-likeness (QED) is 0.633. The maximum Gasteiger partial charge on any atom is 0.410 e. The third-order valence-electron chi connectivity index (χ3n) is 7.35. The van der Waals surface area contributed by atoms with Gasteiger partial charge < -0.3 is 14.4 Å². The van der Waals surface area contributed by atoms with E-state index in [1.165, 1.54) is 11.1 Å². The minimum Gasteiger partial charge on any atom is -0.462 e. The van der Waals surface area contributed by atoms with Crippen LogP contribution in [0.5, 0.6) is 0 Å². The second-order valence-electron chi connectivity index (χ2n) is 9.23. The molecule has 0 spiro atoms. The highest BCUT2D eigenvalue weighted by atomic mass is 16.6. The van der Waals surface area contributed by atoms with Crippen LogP contribution in [0.2, 0.25) is 0 Å². The van der Waals surface area contributed by atoms with Gasteiger partial charge in [0.15, 0.2) is 0 Å². The Morgan fingerprint density at radius 2 is 2.09 bits per heavy atom. The number of fused-ring (bicyclic) bond motifs is 2.